The molecule has 2 fully saturated rings. The Labute approximate surface area is 104 Å². The maximum absolute atomic E-state index is 6.03. The fraction of sp³-hybridized carbons (Fsp3) is 0.583. The van der Waals surface area contributed by atoms with E-state index < -0.39 is 0 Å². The summed E-state index contributed by atoms with van der Waals surface area (Å²) in [7, 11) is 0. The third kappa shape index (κ3) is 1.33. The Morgan fingerprint density at radius 2 is 2.12 bits per heavy atom. The number of hydrogen-bond donors (Lipinski definition) is 0. The summed E-state index contributed by atoms with van der Waals surface area (Å²) in [5, 5.41) is 0.455. The van der Waals surface area contributed by atoms with Gasteiger partial charge in [0.25, 0.3) is 0 Å². The number of rotatable bonds is 1. The van der Waals surface area contributed by atoms with Gasteiger partial charge < -0.3 is 4.57 Å². The van der Waals surface area contributed by atoms with Crippen molar-refractivity contribution in [1.82, 2.24) is 19.5 Å². The van der Waals surface area contributed by atoms with E-state index in [-0.39, 0.29) is 0 Å². The predicted octanol–water partition coefficient (Wildman–Crippen LogP) is 2.84. The lowest BCUT2D eigenvalue weighted by Gasteiger charge is -2.23. The summed E-state index contributed by atoms with van der Waals surface area (Å²) in [5.41, 5.74) is 1.62. The van der Waals surface area contributed by atoms with Crippen molar-refractivity contribution in [3.63, 3.8) is 0 Å². The average molecular weight is 249 g/mol. The van der Waals surface area contributed by atoms with Gasteiger partial charge in [-0.1, -0.05) is 18.0 Å². The molecular weight excluding hydrogens is 236 g/mol. The second kappa shape index (κ2) is 3.42. The zero-order valence-corrected chi connectivity index (χ0v) is 10.1. The van der Waals surface area contributed by atoms with E-state index in [1.807, 2.05) is 6.33 Å². The molecule has 0 radical (unpaired) electrons. The highest BCUT2D eigenvalue weighted by atomic mass is 35.5. The van der Waals surface area contributed by atoms with Gasteiger partial charge >= 0.3 is 0 Å². The Kier molecular flexibility index (Phi) is 1.98. The number of halogens is 1. The first-order valence-electron chi connectivity index (χ1n) is 6.16. The standard InChI is InChI=1S/C12H13ClN4/c13-11-10-12(15-5-14-11)17(6-16-10)9-4-7-1-2-8(9)3-7/h5-9H,1-4H2/t7-,8+,9?/m0/s1. The lowest BCUT2D eigenvalue weighted by Crippen LogP contribution is -2.15. The minimum Gasteiger partial charge on any atom is -0.312 e. The Balaban J connectivity index is 1.84. The van der Waals surface area contributed by atoms with Crippen molar-refractivity contribution >= 4 is 22.8 Å². The van der Waals surface area contributed by atoms with Crippen molar-refractivity contribution in [3.05, 3.63) is 17.8 Å². The van der Waals surface area contributed by atoms with Gasteiger partial charge in [0.05, 0.1) is 6.33 Å². The fourth-order valence-electron chi connectivity index (χ4n) is 3.62. The Morgan fingerprint density at radius 1 is 1.18 bits per heavy atom. The van der Waals surface area contributed by atoms with Crippen molar-refractivity contribution in [3.8, 4) is 0 Å². The summed E-state index contributed by atoms with van der Waals surface area (Å²) < 4.78 is 2.22. The van der Waals surface area contributed by atoms with Crippen molar-refractivity contribution in [2.75, 3.05) is 0 Å². The normalized spacial score (nSPS) is 31.5. The van der Waals surface area contributed by atoms with Crippen LogP contribution in [0.1, 0.15) is 31.7 Å². The topological polar surface area (TPSA) is 43.6 Å². The fourth-order valence-corrected chi connectivity index (χ4v) is 3.79. The first kappa shape index (κ1) is 9.83. The molecule has 0 aliphatic heterocycles. The maximum atomic E-state index is 6.03. The van der Waals surface area contributed by atoms with E-state index in [0.717, 1.165) is 23.0 Å². The van der Waals surface area contributed by atoms with Crippen LogP contribution in [0.25, 0.3) is 11.2 Å². The number of fused-ring (bicyclic) bond motifs is 3. The van der Waals surface area contributed by atoms with Crippen LogP contribution in [-0.2, 0) is 0 Å². The summed E-state index contributed by atoms with van der Waals surface area (Å²) >= 11 is 6.03. The SMILES string of the molecule is Clc1ncnc2c1ncn2C1C[C@H]2CC[C@@H]1C2. The smallest absolute Gasteiger partial charge is 0.165 e. The van der Waals surface area contributed by atoms with Gasteiger partial charge in [-0.2, -0.15) is 0 Å². The number of nitrogens with zero attached hydrogens (tertiary/aromatic N) is 4. The van der Waals surface area contributed by atoms with E-state index in [4.69, 9.17) is 11.6 Å². The third-order valence-electron chi connectivity index (χ3n) is 4.37. The van der Waals surface area contributed by atoms with Gasteiger partial charge in [0.2, 0.25) is 0 Å². The molecule has 88 valence electrons. The van der Waals surface area contributed by atoms with Gasteiger partial charge in [0, 0.05) is 6.04 Å². The highest BCUT2D eigenvalue weighted by molar-refractivity contribution is 6.33. The minimum atomic E-state index is 0.455. The van der Waals surface area contributed by atoms with Gasteiger partial charge in [-0.15, -0.1) is 0 Å². The Hall–Kier alpha value is -1.16. The molecule has 0 amide bonds. The van der Waals surface area contributed by atoms with E-state index in [1.54, 1.807) is 0 Å². The second-order valence-electron chi connectivity index (χ2n) is 5.23. The number of imidazole rings is 1. The molecule has 2 bridgehead atoms. The van der Waals surface area contributed by atoms with Crippen LogP contribution >= 0.6 is 11.6 Å². The zero-order valence-electron chi connectivity index (χ0n) is 9.38. The molecule has 0 saturated heterocycles. The summed E-state index contributed by atoms with van der Waals surface area (Å²) in [6.45, 7) is 0. The van der Waals surface area contributed by atoms with Crippen LogP contribution in [0.15, 0.2) is 12.7 Å². The van der Waals surface area contributed by atoms with Crippen molar-refractivity contribution in [2.24, 2.45) is 11.8 Å². The van der Waals surface area contributed by atoms with Crippen LogP contribution in [-0.4, -0.2) is 19.5 Å². The molecule has 2 aromatic rings. The second-order valence-corrected chi connectivity index (χ2v) is 5.59. The summed E-state index contributed by atoms with van der Waals surface area (Å²) in [6.07, 6.45) is 8.82. The van der Waals surface area contributed by atoms with E-state index >= 15 is 0 Å². The molecule has 3 atom stereocenters. The van der Waals surface area contributed by atoms with Gasteiger partial charge in [0.1, 0.15) is 11.8 Å². The molecule has 17 heavy (non-hydrogen) atoms. The van der Waals surface area contributed by atoms with Crippen molar-refractivity contribution in [2.45, 2.75) is 31.7 Å². The zero-order chi connectivity index (χ0) is 11.4. The van der Waals surface area contributed by atoms with Crippen LogP contribution < -0.4 is 0 Å². The van der Waals surface area contributed by atoms with Crippen LogP contribution in [0, 0.1) is 11.8 Å². The summed E-state index contributed by atoms with van der Waals surface area (Å²) in [4.78, 5) is 12.7. The Bertz CT molecular complexity index is 579. The van der Waals surface area contributed by atoms with Crippen LogP contribution in [0.4, 0.5) is 0 Å². The van der Waals surface area contributed by atoms with Crippen molar-refractivity contribution in [1.29, 1.82) is 0 Å². The van der Waals surface area contributed by atoms with E-state index in [1.165, 1.54) is 32.0 Å². The minimum absolute atomic E-state index is 0.455. The summed E-state index contributed by atoms with van der Waals surface area (Å²) in [6, 6.07) is 0.574. The molecule has 2 aliphatic carbocycles. The molecule has 0 aromatic carbocycles. The molecule has 2 aliphatic rings. The van der Waals surface area contributed by atoms with E-state index in [2.05, 4.69) is 19.5 Å². The van der Waals surface area contributed by atoms with Crippen LogP contribution in [0.2, 0.25) is 5.15 Å². The van der Waals surface area contributed by atoms with E-state index in [9.17, 15) is 0 Å². The molecule has 0 spiro atoms. The van der Waals surface area contributed by atoms with Crippen LogP contribution in [0.3, 0.4) is 0 Å². The first-order chi connectivity index (χ1) is 8.33. The first-order valence-corrected chi connectivity index (χ1v) is 6.54. The summed E-state index contributed by atoms with van der Waals surface area (Å²) in [5.74, 6) is 1.73. The van der Waals surface area contributed by atoms with Gasteiger partial charge in [-0.05, 0) is 31.1 Å². The highest BCUT2D eigenvalue weighted by Crippen LogP contribution is 2.51. The molecular formula is C12H13ClN4. The Morgan fingerprint density at radius 3 is 2.88 bits per heavy atom. The quantitative estimate of drug-likeness (QED) is 0.729. The molecule has 2 aromatic heterocycles. The molecule has 2 saturated carbocycles. The molecule has 2 heterocycles. The molecule has 4 rings (SSSR count). The third-order valence-corrected chi connectivity index (χ3v) is 4.65. The molecule has 1 unspecified atom stereocenters. The van der Waals surface area contributed by atoms with E-state index in [0.29, 0.717) is 11.2 Å². The van der Waals surface area contributed by atoms with Gasteiger partial charge in [-0.3, -0.25) is 0 Å². The predicted molar refractivity (Wildman–Crippen MR) is 64.8 cm³/mol. The molecule has 0 N–H and O–H groups in total. The van der Waals surface area contributed by atoms with Crippen molar-refractivity contribution < 1.29 is 0 Å². The number of hydrogen-bond acceptors (Lipinski definition) is 3. The van der Waals surface area contributed by atoms with Gasteiger partial charge in [-0.25, -0.2) is 15.0 Å². The highest BCUT2D eigenvalue weighted by Gasteiger charge is 2.41. The molecule has 5 heteroatoms. The largest absolute Gasteiger partial charge is 0.312 e. The molecule has 4 nitrogen and oxygen atoms in total. The maximum Gasteiger partial charge on any atom is 0.165 e. The lowest BCUT2D eigenvalue weighted by molar-refractivity contribution is 0.334. The van der Waals surface area contributed by atoms with Crippen LogP contribution in [0.5, 0.6) is 0 Å². The average Bonchev–Trinajstić information content (AvgIpc) is 3.03. The number of aromatic nitrogens is 4. The monoisotopic (exact) mass is 248 g/mol. The van der Waals surface area contributed by atoms with Gasteiger partial charge in [0.15, 0.2) is 10.8 Å². The lowest BCUT2D eigenvalue weighted by atomic mass is 9.95.